The Labute approximate surface area is 178 Å². The summed E-state index contributed by atoms with van der Waals surface area (Å²) >= 11 is 7.48. The van der Waals surface area contributed by atoms with E-state index in [2.05, 4.69) is 5.32 Å². The van der Waals surface area contributed by atoms with Gasteiger partial charge in [-0.1, -0.05) is 11.6 Å². The van der Waals surface area contributed by atoms with Crippen LogP contribution in [-0.4, -0.2) is 63.6 Å². The van der Waals surface area contributed by atoms with Gasteiger partial charge in [0.15, 0.2) is 0 Å². The number of thioether (sulfide) groups is 1. The topological polar surface area (TPSA) is 95.9 Å². The first kappa shape index (κ1) is 20.5. The fourth-order valence-corrected chi connectivity index (χ4v) is 7.39. The highest BCUT2D eigenvalue weighted by Gasteiger charge is 2.73. The smallest absolute Gasteiger partial charge is 0.310 e. The van der Waals surface area contributed by atoms with Crippen LogP contribution in [0.3, 0.4) is 0 Å². The Morgan fingerprint density at radius 2 is 2.10 bits per heavy atom. The van der Waals surface area contributed by atoms with Crippen molar-refractivity contribution in [3.05, 3.63) is 29.3 Å². The van der Waals surface area contributed by atoms with E-state index in [0.29, 0.717) is 17.1 Å². The van der Waals surface area contributed by atoms with Gasteiger partial charge in [0.1, 0.15) is 6.04 Å². The average Bonchev–Trinajstić information content (AvgIpc) is 3.32. The first-order valence-corrected chi connectivity index (χ1v) is 11.0. The van der Waals surface area contributed by atoms with Crippen LogP contribution in [0.5, 0.6) is 0 Å². The molecular weight excluding hydrogens is 416 g/mol. The van der Waals surface area contributed by atoms with Gasteiger partial charge in [-0.2, -0.15) is 0 Å². The zero-order valence-electron chi connectivity index (χ0n) is 16.0. The number of nitrogens with zero attached hydrogens (tertiary/aromatic N) is 1. The zero-order valence-corrected chi connectivity index (χ0v) is 17.5. The van der Waals surface area contributed by atoms with E-state index in [1.165, 1.54) is 4.90 Å². The van der Waals surface area contributed by atoms with Crippen LogP contribution in [0.25, 0.3) is 0 Å². The molecule has 3 saturated heterocycles. The minimum Gasteiger partial charge on any atom is -0.466 e. The lowest BCUT2D eigenvalue weighted by Gasteiger charge is -2.33. The number of aliphatic hydroxyl groups excluding tert-OH is 1. The predicted molar refractivity (Wildman–Crippen MR) is 110 cm³/mol. The number of aliphatic hydroxyl groups is 1. The second-order valence-corrected chi connectivity index (χ2v) is 9.60. The molecule has 0 saturated carbocycles. The van der Waals surface area contributed by atoms with Crippen molar-refractivity contribution in [2.24, 2.45) is 11.8 Å². The summed E-state index contributed by atoms with van der Waals surface area (Å²) < 4.78 is 4.57. The standard InChI is InChI=1S/C20H23ClN2O5S/c1-2-28-19(27)14-13-7-8-20(29-13)15(14)18(26)23(9-10-24)16(20)17(25)22-12-5-3-11(21)4-6-12/h3-6,13-16,24H,2,7-10H2,1H3,(H,22,25)/t13-,14+,15-,16?,20?/m0/s1. The van der Waals surface area contributed by atoms with Crippen molar-refractivity contribution in [1.29, 1.82) is 0 Å². The number of carbonyl (C=O) groups excluding carboxylic acids is 3. The first-order chi connectivity index (χ1) is 13.9. The normalized spacial score (nSPS) is 32.4. The lowest BCUT2D eigenvalue weighted by molar-refractivity contribution is -0.153. The number of β-amino-alcohol motifs (C(OH)–C–C–N with tert-alkyl or cyclic N) is 1. The SMILES string of the molecule is CCOC(=O)[C@@H]1[C@@H]2CCC3(S2)C(C(=O)Nc2ccc(Cl)cc2)N(CCO)C(=O)[C@H]13. The number of hydrogen-bond donors (Lipinski definition) is 2. The number of esters is 1. The molecule has 1 aromatic rings. The largest absolute Gasteiger partial charge is 0.466 e. The number of halogens is 1. The lowest BCUT2D eigenvalue weighted by atomic mass is 9.71. The van der Waals surface area contributed by atoms with Gasteiger partial charge in [-0.25, -0.2) is 0 Å². The van der Waals surface area contributed by atoms with E-state index in [0.717, 1.165) is 6.42 Å². The summed E-state index contributed by atoms with van der Waals surface area (Å²) in [5, 5.41) is 12.9. The first-order valence-electron chi connectivity index (χ1n) is 9.75. The van der Waals surface area contributed by atoms with E-state index in [1.54, 1.807) is 43.0 Å². The number of hydrogen-bond acceptors (Lipinski definition) is 6. The quantitative estimate of drug-likeness (QED) is 0.659. The number of carbonyl (C=O) groups is 3. The summed E-state index contributed by atoms with van der Waals surface area (Å²) in [5.74, 6) is -2.07. The van der Waals surface area contributed by atoms with Crippen LogP contribution in [0.15, 0.2) is 24.3 Å². The van der Waals surface area contributed by atoms with Crippen molar-refractivity contribution >= 4 is 46.8 Å². The second-order valence-electron chi connectivity index (χ2n) is 7.56. The van der Waals surface area contributed by atoms with Crippen molar-refractivity contribution in [2.75, 3.05) is 25.1 Å². The monoisotopic (exact) mass is 438 g/mol. The van der Waals surface area contributed by atoms with Gasteiger partial charge in [-0.05, 0) is 44.0 Å². The van der Waals surface area contributed by atoms with E-state index in [-0.39, 0.29) is 42.8 Å². The molecule has 1 aromatic carbocycles. The van der Waals surface area contributed by atoms with E-state index in [9.17, 15) is 19.5 Å². The molecule has 29 heavy (non-hydrogen) atoms. The predicted octanol–water partition coefficient (Wildman–Crippen LogP) is 1.93. The van der Waals surface area contributed by atoms with Gasteiger partial charge >= 0.3 is 5.97 Å². The molecule has 4 rings (SSSR count). The second kappa shape index (κ2) is 7.81. The zero-order chi connectivity index (χ0) is 20.8. The van der Waals surface area contributed by atoms with Crippen LogP contribution in [0.1, 0.15) is 19.8 Å². The van der Waals surface area contributed by atoms with Gasteiger partial charge in [0.25, 0.3) is 0 Å². The molecule has 2 amide bonds. The summed E-state index contributed by atoms with van der Waals surface area (Å²) in [6.07, 6.45) is 1.44. The van der Waals surface area contributed by atoms with E-state index >= 15 is 0 Å². The van der Waals surface area contributed by atoms with Crippen LogP contribution in [0.4, 0.5) is 5.69 Å². The van der Waals surface area contributed by atoms with Crippen molar-refractivity contribution in [1.82, 2.24) is 4.90 Å². The average molecular weight is 439 g/mol. The Morgan fingerprint density at radius 3 is 2.76 bits per heavy atom. The number of rotatable bonds is 6. The van der Waals surface area contributed by atoms with Crippen molar-refractivity contribution in [3.8, 4) is 0 Å². The number of ether oxygens (including phenoxy) is 1. The maximum atomic E-state index is 13.3. The Balaban J connectivity index is 1.67. The van der Waals surface area contributed by atoms with E-state index in [1.807, 2.05) is 0 Å². The molecule has 0 aliphatic carbocycles. The van der Waals surface area contributed by atoms with Gasteiger partial charge in [-0.3, -0.25) is 14.4 Å². The van der Waals surface area contributed by atoms with Crippen LogP contribution in [-0.2, 0) is 19.1 Å². The summed E-state index contributed by atoms with van der Waals surface area (Å²) in [5.41, 5.74) is 0.579. The molecule has 2 unspecified atom stereocenters. The molecule has 0 radical (unpaired) electrons. The number of benzene rings is 1. The van der Waals surface area contributed by atoms with E-state index in [4.69, 9.17) is 16.3 Å². The third-order valence-corrected chi connectivity index (χ3v) is 8.26. The van der Waals surface area contributed by atoms with Crippen LogP contribution in [0, 0.1) is 11.8 Å². The van der Waals surface area contributed by atoms with Crippen LogP contribution in [0.2, 0.25) is 5.02 Å². The van der Waals surface area contributed by atoms with Crippen LogP contribution < -0.4 is 5.32 Å². The minimum atomic E-state index is -0.753. The molecule has 9 heteroatoms. The lowest BCUT2D eigenvalue weighted by Crippen LogP contribution is -2.51. The molecule has 2 N–H and O–H groups in total. The highest BCUT2D eigenvalue weighted by Crippen LogP contribution is 2.66. The summed E-state index contributed by atoms with van der Waals surface area (Å²) in [6.45, 7) is 1.79. The molecule has 5 atom stereocenters. The summed E-state index contributed by atoms with van der Waals surface area (Å²) in [6, 6.07) is 6.00. The summed E-state index contributed by atoms with van der Waals surface area (Å²) in [4.78, 5) is 40.7. The molecule has 7 nitrogen and oxygen atoms in total. The fraction of sp³-hybridized carbons (Fsp3) is 0.550. The number of likely N-dealkylation sites (tertiary alicyclic amines) is 1. The minimum absolute atomic E-state index is 0.0230. The Bertz CT molecular complexity index is 835. The van der Waals surface area contributed by atoms with Crippen molar-refractivity contribution in [2.45, 2.75) is 35.8 Å². The highest BCUT2D eigenvalue weighted by molar-refractivity contribution is 8.02. The third kappa shape index (κ3) is 3.21. The molecule has 3 aliphatic heterocycles. The molecule has 3 fully saturated rings. The maximum Gasteiger partial charge on any atom is 0.310 e. The Morgan fingerprint density at radius 1 is 1.38 bits per heavy atom. The number of fused-ring (bicyclic) bond motifs is 1. The Kier molecular flexibility index (Phi) is 5.52. The highest BCUT2D eigenvalue weighted by atomic mass is 35.5. The molecule has 3 aliphatic rings. The molecule has 156 valence electrons. The van der Waals surface area contributed by atoms with E-state index < -0.39 is 22.6 Å². The van der Waals surface area contributed by atoms with Gasteiger partial charge in [0, 0.05) is 22.5 Å². The number of anilines is 1. The molecule has 3 heterocycles. The molecule has 2 bridgehead atoms. The van der Waals surface area contributed by atoms with Crippen LogP contribution >= 0.6 is 23.4 Å². The van der Waals surface area contributed by atoms with Crippen molar-refractivity contribution in [3.63, 3.8) is 0 Å². The molecule has 0 aromatic heterocycles. The molecule has 1 spiro atoms. The van der Waals surface area contributed by atoms with Crippen molar-refractivity contribution < 1.29 is 24.2 Å². The van der Waals surface area contributed by atoms with Gasteiger partial charge < -0.3 is 20.1 Å². The maximum absolute atomic E-state index is 13.3. The third-order valence-electron chi connectivity index (χ3n) is 6.06. The van der Waals surface area contributed by atoms with Gasteiger partial charge in [-0.15, -0.1) is 11.8 Å². The number of nitrogens with one attached hydrogen (secondary N) is 1. The summed E-state index contributed by atoms with van der Waals surface area (Å²) in [7, 11) is 0. The molecular formula is C20H23ClN2O5S. The fourth-order valence-electron chi connectivity index (χ4n) is 5.05. The van der Waals surface area contributed by atoms with Gasteiger partial charge in [0.05, 0.1) is 29.8 Å². The van der Waals surface area contributed by atoms with Gasteiger partial charge in [0.2, 0.25) is 11.8 Å². The Hall–Kier alpha value is -1.77. The number of amides is 2.